The van der Waals surface area contributed by atoms with Crippen molar-refractivity contribution in [2.45, 2.75) is 38.3 Å². The number of methoxy groups -OCH3 is 2. The number of hydrogen-bond acceptors (Lipinski definition) is 6. The van der Waals surface area contributed by atoms with Gasteiger partial charge in [-0.2, -0.15) is 9.30 Å². The Labute approximate surface area is 191 Å². The maximum atomic E-state index is 12.9. The number of hydrogen-bond donors (Lipinski definition) is 0. The molecule has 3 rings (SSSR count). The summed E-state index contributed by atoms with van der Waals surface area (Å²) in [5, 5.41) is 0. The van der Waals surface area contributed by atoms with Gasteiger partial charge < -0.3 is 14.0 Å². The number of carbonyl (C=O) groups is 1. The Morgan fingerprint density at radius 3 is 2.22 bits per heavy atom. The van der Waals surface area contributed by atoms with Crippen LogP contribution in [0.3, 0.4) is 0 Å². The summed E-state index contributed by atoms with van der Waals surface area (Å²) in [4.78, 5) is 17.8. The molecule has 0 aliphatic carbocycles. The van der Waals surface area contributed by atoms with Gasteiger partial charge in [0.05, 0.1) is 19.1 Å². The predicted molar refractivity (Wildman–Crippen MR) is 125 cm³/mol. The minimum absolute atomic E-state index is 0.130. The van der Waals surface area contributed by atoms with Gasteiger partial charge in [-0.1, -0.05) is 11.3 Å². The fourth-order valence-electron chi connectivity index (χ4n) is 3.20. The molecule has 1 heterocycles. The van der Waals surface area contributed by atoms with E-state index >= 15 is 0 Å². The summed E-state index contributed by atoms with van der Waals surface area (Å²) in [6.07, 6.45) is 0. The van der Waals surface area contributed by atoms with E-state index in [2.05, 4.69) is 4.99 Å². The number of nitrogens with zero attached hydrogens (tertiary/aromatic N) is 3. The zero-order chi connectivity index (χ0) is 23.6. The highest BCUT2D eigenvalue weighted by molar-refractivity contribution is 7.89. The Morgan fingerprint density at radius 1 is 1.09 bits per heavy atom. The standard InChI is InChI=1S/C22H27N3O5S2/c1-7-25-19-17(29-5)12-13-18(30-6)20(19)31-22(25)23-21(26)15-8-10-16(11-9-15)32(27,28)24(4)14(2)3/h8-14H,7H2,1-6H3. The molecular formula is C22H27N3O5S2. The number of fused-ring (bicyclic) bond motifs is 1. The Bertz CT molecular complexity index is 1310. The van der Waals surface area contributed by atoms with Crippen LogP contribution in [0.1, 0.15) is 31.1 Å². The highest BCUT2D eigenvalue weighted by Gasteiger charge is 2.23. The number of ether oxygens (including phenoxy) is 2. The van der Waals surface area contributed by atoms with Crippen LogP contribution in [0.5, 0.6) is 11.5 Å². The molecule has 0 spiro atoms. The summed E-state index contributed by atoms with van der Waals surface area (Å²) in [7, 11) is 1.09. The largest absolute Gasteiger partial charge is 0.495 e. The van der Waals surface area contributed by atoms with Gasteiger partial charge in [-0.25, -0.2) is 8.42 Å². The van der Waals surface area contributed by atoms with Gasteiger partial charge in [-0.3, -0.25) is 4.79 Å². The number of rotatable bonds is 7. The van der Waals surface area contributed by atoms with Crippen LogP contribution >= 0.6 is 11.3 Å². The smallest absolute Gasteiger partial charge is 0.279 e. The third-order valence-electron chi connectivity index (χ3n) is 5.21. The first-order valence-electron chi connectivity index (χ1n) is 10.1. The van der Waals surface area contributed by atoms with Crippen molar-refractivity contribution in [2.24, 2.45) is 4.99 Å². The maximum absolute atomic E-state index is 12.9. The summed E-state index contributed by atoms with van der Waals surface area (Å²) >= 11 is 1.33. The highest BCUT2D eigenvalue weighted by Crippen LogP contribution is 2.35. The third-order valence-corrected chi connectivity index (χ3v) is 8.35. The molecule has 0 radical (unpaired) electrons. The van der Waals surface area contributed by atoms with Crippen LogP contribution in [0.2, 0.25) is 0 Å². The van der Waals surface area contributed by atoms with Crippen molar-refractivity contribution in [3.63, 3.8) is 0 Å². The lowest BCUT2D eigenvalue weighted by molar-refractivity contribution is 0.0997. The van der Waals surface area contributed by atoms with E-state index in [9.17, 15) is 13.2 Å². The molecule has 0 saturated heterocycles. The molecule has 0 atom stereocenters. The van der Waals surface area contributed by atoms with Crippen molar-refractivity contribution in [2.75, 3.05) is 21.3 Å². The quantitative estimate of drug-likeness (QED) is 0.519. The molecule has 3 aromatic rings. The second kappa shape index (κ2) is 9.43. The van der Waals surface area contributed by atoms with E-state index in [1.54, 1.807) is 28.1 Å². The summed E-state index contributed by atoms with van der Waals surface area (Å²) in [5.74, 6) is 0.875. The fourth-order valence-corrected chi connectivity index (χ4v) is 5.77. The van der Waals surface area contributed by atoms with Crippen LogP contribution in [0.15, 0.2) is 46.3 Å². The van der Waals surface area contributed by atoms with Gasteiger partial charge in [-0.15, -0.1) is 0 Å². The SMILES string of the molecule is CCn1c(=NC(=O)c2ccc(S(=O)(=O)N(C)C(C)C)cc2)sc2c(OC)ccc(OC)c21. The number of benzene rings is 2. The molecule has 0 unspecified atom stereocenters. The van der Waals surface area contributed by atoms with E-state index in [4.69, 9.17) is 9.47 Å². The first kappa shape index (κ1) is 24.0. The molecule has 10 heteroatoms. The number of carbonyl (C=O) groups excluding carboxylic acids is 1. The Morgan fingerprint density at radius 2 is 1.69 bits per heavy atom. The number of aryl methyl sites for hydroxylation is 1. The van der Waals surface area contributed by atoms with Crippen molar-refractivity contribution in [3.05, 3.63) is 46.8 Å². The number of aromatic nitrogens is 1. The van der Waals surface area contributed by atoms with Gasteiger partial charge in [0.1, 0.15) is 21.7 Å². The van der Waals surface area contributed by atoms with E-state index in [0.29, 0.717) is 28.4 Å². The van der Waals surface area contributed by atoms with Crippen LogP contribution in [0.4, 0.5) is 0 Å². The number of sulfonamides is 1. The van der Waals surface area contributed by atoms with Crippen molar-refractivity contribution < 1.29 is 22.7 Å². The van der Waals surface area contributed by atoms with E-state index in [0.717, 1.165) is 10.2 Å². The predicted octanol–water partition coefficient (Wildman–Crippen LogP) is 3.51. The molecule has 1 aromatic heterocycles. The maximum Gasteiger partial charge on any atom is 0.279 e. The molecule has 8 nitrogen and oxygen atoms in total. The van der Waals surface area contributed by atoms with Crippen LogP contribution in [-0.4, -0.2) is 50.5 Å². The lowest BCUT2D eigenvalue weighted by Crippen LogP contribution is -2.33. The Hall–Kier alpha value is -2.69. The molecule has 32 heavy (non-hydrogen) atoms. The second-order valence-electron chi connectivity index (χ2n) is 7.33. The first-order valence-corrected chi connectivity index (χ1v) is 12.3. The summed E-state index contributed by atoms with van der Waals surface area (Å²) in [5.41, 5.74) is 1.11. The molecule has 0 aliphatic heterocycles. The van der Waals surface area contributed by atoms with Gasteiger partial charge in [-0.05, 0) is 57.2 Å². The topological polar surface area (TPSA) is 90.2 Å². The normalized spacial score (nSPS) is 12.7. The van der Waals surface area contributed by atoms with Gasteiger partial charge in [0.15, 0.2) is 4.80 Å². The van der Waals surface area contributed by atoms with Crippen LogP contribution in [0.25, 0.3) is 10.2 Å². The average Bonchev–Trinajstić information content (AvgIpc) is 3.15. The van der Waals surface area contributed by atoms with Gasteiger partial charge in [0.25, 0.3) is 5.91 Å². The van der Waals surface area contributed by atoms with Gasteiger partial charge in [0, 0.05) is 25.2 Å². The lowest BCUT2D eigenvalue weighted by atomic mass is 10.2. The first-order chi connectivity index (χ1) is 15.1. The van der Waals surface area contributed by atoms with Crippen LogP contribution < -0.4 is 14.3 Å². The Balaban J connectivity index is 2.05. The fraction of sp³-hybridized carbons (Fsp3) is 0.364. The molecule has 0 saturated carbocycles. The minimum Gasteiger partial charge on any atom is -0.495 e. The molecule has 0 aliphatic rings. The Kier molecular flexibility index (Phi) is 7.06. The second-order valence-corrected chi connectivity index (χ2v) is 10.3. The number of amides is 1. The van der Waals surface area contributed by atoms with E-state index in [1.165, 1.54) is 47.0 Å². The lowest BCUT2D eigenvalue weighted by Gasteiger charge is -2.20. The summed E-state index contributed by atoms with van der Waals surface area (Å²) < 4.78 is 40.3. The van der Waals surface area contributed by atoms with Crippen LogP contribution in [-0.2, 0) is 16.6 Å². The van der Waals surface area contributed by atoms with Crippen molar-refractivity contribution in [1.82, 2.24) is 8.87 Å². The average molecular weight is 478 g/mol. The van der Waals surface area contributed by atoms with Crippen molar-refractivity contribution in [3.8, 4) is 11.5 Å². The molecule has 1 amide bonds. The zero-order valence-corrected chi connectivity index (χ0v) is 20.6. The van der Waals surface area contributed by atoms with E-state index in [-0.39, 0.29) is 10.9 Å². The highest BCUT2D eigenvalue weighted by atomic mass is 32.2. The number of thiazole rings is 1. The molecule has 0 bridgehead atoms. The summed E-state index contributed by atoms with van der Waals surface area (Å²) in [6.45, 7) is 6.13. The van der Waals surface area contributed by atoms with E-state index < -0.39 is 15.9 Å². The molecule has 172 valence electrons. The van der Waals surface area contributed by atoms with Crippen LogP contribution in [0, 0.1) is 0 Å². The molecule has 0 N–H and O–H groups in total. The monoisotopic (exact) mass is 477 g/mol. The zero-order valence-electron chi connectivity index (χ0n) is 18.9. The molecule has 0 fully saturated rings. The van der Waals surface area contributed by atoms with Crippen molar-refractivity contribution >= 4 is 37.5 Å². The molecular weight excluding hydrogens is 450 g/mol. The minimum atomic E-state index is -3.62. The molecule has 2 aromatic carbocycles. The summed E-state index contributed by atoms with van der Waals surface area (Å²) in [6, 6.07) is 9.29. The van der Waals surface area contributed by atoms with Crippen molar-refractivity contribution in [1.29, 1.82) is 0 Å². The van der Waals surface area contributed by atoms with Gasteiger partial charge >= 0.3 is 0 Å². The van der Waals surface area contributed by atoms with Gasteiger partial charge in [0.2, 0.25) is 10.0 Å². The third kappa shape index (κ3) is 4.30. The van der Waals surface area contributed by atoms with E-state index in [1.807, 2.05) is 23.6 Å².